The van der Waals surface area contributed by atoms with Crippen molar-refractivity contribution in [3.05, 3.63) is 30.1 Å². The number of benzene rings is 1. The third-order valence-electron chi connectivity index (χ3n) is 2.20. The molecule has 1 aromatic carbocycles. The van der Waals surface area contributed by atoms with Crippen LogP contribution in [0.25, 0.3) is 0 Å². The lowest BCUT2D eigenvalue weighted by Crippen LogP contribution is -2.39. The molecule has 0 spiro atoms. The van der Waals surface area contributed by atoms with Crippen molar-refractivity contribution < 1.29 is 19.1 Å². The van der Waals surface area contributed by atoms with Gasteiger partial charge >= 0.3 is 12.0 Å². The van der Waals surface area contributed by atoms with E-state index in [0.29, 0.717) is 18.7 Å². The number of halogens is 1. The molecule has 0 fully saturated rings. The quantitative estimate of drug-likeness (QED) is 0.845. The first-order chi connectivity index (χ1) is 8.52. The summed E-state index contributed by atoms with van der Waals surface area (Å²) < 4.78 is 12.7. The van der Waals surface area contributed by atoms with Crippen molar-refractivity contribution in [3.8, 4) is 0 Å². The van der Waals surface area contributed by atoms with Crippen LogP contribution in [0.1, 0.15) is 13.3 Å². The van der Waals surface area contributed by atoms with Crippen LogP contribution in [0.4, 0.5) is 14.9 Å². The normalized spacial score (nSPS) is 9.89. The maximum atomic E-state index is 12.7. The number of nitrogens with one attached hydrogen (secondary N) is 1. The molecule has 0 aliphatic carbocycles. The molecule has 18 heavy (non-hydrogen) atoms. The van der Waals surface area contributed by atoms with Crippen LogP contribution < -0.4 is 5.32 Å². The monoisotopic (exact) mass is 254 g/mol. The van der Waals surface area contributed by atoms with Gasteiger partial charge in [0.15, 0.2) is 0 Å². The Kier molecular flexibility index (Phi) is 5.10. The molecule has 1 aromatic rings. The molecule has 98 valence electrons. The van der Waals surface area contributed by atoms with Gasteiger partial charge in [-0.2, -0.15) is 0 Å². The Morgan fingerprint density at radius 3 is 2.44 bits per heavy atom. The van der Waals surface area contributed by atoms with Crippen LogP contribution in [-0.2, 0) is 4.79 Å². The van der Waals surface area contributed by atoms with E-state index in [2.05, 4.69) is 5.32 Å². The molecule has 1 rings (SSSR count). The zero-order chi connectivity index (χ0) is 13.5. The Hall–Kier alpha value is -2.11. The minimum atomic E-state index is -1.07. The summed E-state index contributed by atoms with van der Waals surface area (Å²) in [6, 6.07) is 4.76. The summed E-state index contributed by atoms with van der Waals surface area (Å²) in [5.41, 5.74) is 0.424. The second kappa shape index (κ2) is 6.58. The largest absolute Gasteiger partial charge is 0.480 e. The number of aliphatic carboxylic acids is 1. The van der Waals surface area contributed by atoms with E-state index in [1.807, 2.05) is 6.92 Å². The van der Waals surface area contributed by atoms with Gasteiger partial charge in [0.25, 0.3) is 0 Å². The second-order valence-corrected chi connectivity index (χ2v) is 3.75. The smallest absolute Gasteiger partial charge is 0.323 e. The number of nitrogens with zero attached hydrogens (tertiary/aromatic N) is 1. The van der Waals surface area contributed by atoms with Crippen LogP contribution in [0.15, 0.2) is 24.3 Å². The first-order valence-corrected chi connectivity index (χ1v) is 5.56. The lowest BCUT2D eigenvalue weighted by Gasteiger charge is -2.20. The van der Waals surface area contributed by atoms with Crippen molar-refractivity contribution in [2.75, 3.05) is 18.4 Å². The number of rotatable bonds is 5. The molecule has 0 unspecified atom stereocenters. The van der Waals surface area contributed by atoms with Crippen molar-refractivity contribution in [3.63, 3.8) is 0 Å². The molecule has 2 amide bonds. The van der Waals surface area contributed by atoms with Gasteiger partial charge in [0.05, 0.1) is 0 Å². The van der Waals surface area contributed by atoms with Crippen LogP contribution >= 0.6 is 0 Å². The van der Waals surface area contributed by atoms with Crippen molar-refractivity contribution in [2.24, 2.45) is 0 Å². The van der Waals surface area contributed by atoms with Gasteiger partial charge in [-0.05, 0) is 30.7 Å². The maximum absolute atomic E-state index is 12.7. The van der Waals surface area contributed by atoms with Crippen molar-refractivity contribution in [1.29, 1.82) is 0 Å². The summed E-state index contributed by atoms with van der Waals surface area (Å²) in [6.07, 6.45) is 0.657. The number of hydrogen-bond acceptors (Lipinski definition) is 2. The first kappa shape index (κ1) is 14.0. The van der Waals surface area contributed by atoms with Crippen LogP contribution in [0, 0.1) is 5.82 Å². The van der Waals surface area contributed by atoms with Crippen LogP contribution in [-0.4, -0.2) is 35.1 Å². The Morgan fingerprint density at radius 2 is 1.94 bits per heavy atom. The lowest BCUT2D eigenvalue weighted by molar-refractivity contribution is -0.137. The summed E-state index contributed by atoms with van der Waals surface area (Å²) in [5.74, 6) is -1.47. The second-order valence-electron chi connectivity index (χ2n) is 3.75. The number of carbonyl (C=O) groups excluding carboxylic acids is 1. The fraction of sp³-hybridized carbons (Fsp3) is 0.333. The number of urea groups is 1. The minimum Gasteiger partial charge on any atom is -0.480 e. The third-order valence-corrected chi connectivity index (χ3v) is 2.20. The highest BCUT2D eigenvalue weighted by Crippen LogP contribution is 2.09. The molecule has 0 bridgehead atoms. The van der Waals surface area contributed by atoms with Gasteiger partial charge in [0.1, 0.15) is 12.4 Å². The van der Waals surface area contributed by atoms with Gasteiger partial charge in [-0.25, -0.2) is 9.18 Å². The standard InChI is InChI=1S/C12H15FN2O3/c1-2-7-15(8-11(16)17)12(18)14-10-5-3-9(13)4-6-10/h3-6H,2,7-8H2,1H3,(H,14,18)(H,16,17). The molecule has 0 radical (unpaired) electrons. The van der Waals surface area contributed by atoms with E-state index in [0.717, 1.165) is 0 Å². The fourth-order valence-corrected chi connectivity index (χ4v) is 1.42. The maximum Gasteiger partial charge on any atom is 0.323 e. The summed E-state index contributed by atoms with van der Waals surface area (Å²) in [5, 5.41) is 11.2. The average Bonchev–Trinajstić information content (AvgIpc) is 2.31. The van der Waals surface area contributed by atoms with Crippen LogP contribution in [0.3, 0.4) is 0 Å². The van der Waals surface area contributed by atoms with Crippen molar-refractivity contribution in [1.82, 2.24) is 4.90 Å². The van der Waals surface area contributed by atoms with Crippen molar-refractivity contribution in [2.45, 2.75) is 13.3 Å². The van der Waals surface area contributed by atoms with E-state index < -0.39 is 17.8 Å². The number of carboxylic acids is 1. The van der Waals surface area contributed by atoms with Gasteiger partial charge in [-0.1, -0.05) is 6.92 Å². The summed E-state index contributed by atoms with van der Waals surface area (Å²) in [4.78, 5) is 23.6. The highest BCUT2D eigenvalue weighted by Gasteiger charge is 2.15. The lowest BCUT2D eigenvalue weighted by atomic mass is 10.3. The topological polar surface area (TPSA) is 69.6 Å². The van der Waals surface area contributed by atoms with Gasteiger partial charge in [0.2, 0.25) is 0 Å². The molecular formula is C12H15FN2O3. The molecule has 5 nitrogen and oxygen atoms in total. The van der Waals surface area contributed by atoms with Gasteiger partial charge in [-0.3, -0.25) is 4.79 Å². The summed E-state index contributed by atoms with van der Waals surface area (Å²) in [6.45, 7) is 1.83. The predicted molar refractivity (Wildman–Crippen MR) is 64.9 cm³/mol. The summed E-state index contributed by atoms with van der Waals surface area (Å²) >= 11 is 0. The molecule has 6 heteroatoms. The summed E-state index contributed by atoms with van der Waals surface area (Å²) in [7, 11) is 0. The van der Waals surface area contributed by atoms with E-state index in [9.17, 15) is 14.0 Å². The van der Waals surface area contributed by atoms with E-state index >= 15 is 0 Å². The number of amides is 2. The van der Waals surface area contributed by atoms with E-state index in [4.69, 9.17) is 5.11 Å². The van der Waals surface area contributed by atoms with E-state index in [-0.39, 0.29) is 6.54 Å². The number of carboxylic acid groups (broad SMARTS) is 1. The Morgan fingerprint density at radius 1 is 1.33 bits per heavy atom. The Bertz CT molecular complexity index is 420. The van der Waals surface area contributed by atoms with E-state index in [1.165, 1.54) is 29.2 Å². The Labute approximate surface area is 104 Å². The van der Waals surface area contributed by atoms with Crippen LogP contribution in [0.5, 0.6) is 0 Å². The first-order valence-electron chi connectivity index (χ1n) is 5.56. The fourth-order valence-electron chi connectivity index (χ4n) is 1.42. The predicted octanol–water partition coefficient (Wildman–Crippen LogP) is 2.15. The number of carbonyl (C=O) groups is 2. The van der Waals surface area contributed by atoms with Gasteiger partial charge < -0.3 is 15.3 Å². The van der Waals surface area contributed by atoms with Crippen LogP contribution in [0.2, 0.25) is 0 Å². The molecular weight excluding hydrogens is 239 g/mol. The van der Waals surface area contributed by atoms with Gasteiger partial charge in [0, 0.05) is 12.2 Å². The molecule has 0 heterocycles. The molecule has 0 saturated heterocycles. The Balaban J connectivity index is 2.65. The SMILES string of the molecule is CCCN(CC(=O)O)C(=O)Nc1ccc(F)cc1. The molecule has 2 N–H and O–H groups in total. The zero-order valence-corrected chi connectivity index (χ0v) is 10.0. The van der Waals surface area contributed by atoms with Gasteiger partial charge in [-0.15, -0.1) is 0 Å². The average molecular weight is 254 g/mol. The van der Waals surface area contributed by atoms with Crippen molar-refractivity contribution >= 4 is 17.7 Å². The molecule has 0 aromatic heterocycles. The minimum absolute atomic E-state index is 0.347. The number of hydrogen-bond donors (Lipinski definition) is 2. The third kappa shape index (κ3) is 4.40. The van der Waals surface area contributed by atoms with E-state index in [1.54, 1.807) is 0 Å². The molecule has 0 aliphatic rings. The zero-order valence-electron chi connectivity index (χ0n) is 10.0. The highest BCUT2D eigenvalue weighted by atomic mass is 19.1. The number of anilines is 1. The molecule has 0 atom stereocenters. The molecule has 0 saturated carbocycles. The molecule has 0 aliphatic heterocycles. The highest BCUT2D eigenvalue weighted by molar-refractivity contribution is 5.91.